The summed E-state index contributed by atoms with van der Waals surface area (Å²) >= 11 is 0. The Morgan fingerprint density at radius 2 is 2.29 bits per heavy atom. The van der Waals surface area contributed by atoms with Gasteiger partial charge in [0, 0.05) is 13.5 Å². The van der Waals surface area contributed by atoms with Crippen LogP contribution in [0.15, 0.2) is 0 Å². The van der Waals surface area contributed by atoms with Crippen molar-refractivity contribution in [2.75, 3.05) is 7.11 Å². The zero-order valence-corrected chi connectivity index (χ0v) is 4.68. The minimum atomic E-state index is 0.472. The lowest BCUT2D eigenvalue weighted by atomic mass is 9.90. The van der Waals surface area contributed by atoms with Gasteiger partial charge in [-0.3, -0.25) is 0 Å². The van der Waals surface area contributed by atoms with Crippen molar-refractivity contribution in [3.63, 3.8) is 0 Å². The molecule has 0 aromatic rings. The second-order valence-corrected chi connectivity index (χ2v) is 2.11. The van der Waals surface area contributed by atoms with E-state index >= 15 is 0 Å². The highest BCUT2D eigenvalue weighted by Crippen LogP contribution is 2.17. The summed E-state index contributed by atoms with van der Waals surface area (Å²) in [5.41, 5.74) is 3.87. The highest BCUT2D eigenvalue weighted by atomic mass is 16.5. The summed E-state index contributed by atoms with van der Waals surface area (Å²) in [7, 11) is 1.75. The van der Waals surface area contributed by atoms with Crippen LogP contribution in [0.1, 0.15) is 12.8 Å². The Bertz CT molecular complexity index is 63.1. The monoisotopic (exact) mass is 102 g/mol. The summed E-state index contributed by atoms with van der Waals surface area (Å²) in [6.45, 7) is 0. The van der Waals surface area contributed by atoms with Crippen molar-refractivity contribution >= 4 is 0 Å². The molecule has 2 heteroatoms. The molecule has 1 fully saturated rings. The molecular formula is C5H12NO+. The topological polar surface area (TPSA) is 36.9 Å². The Kier molecular flexibility index (Phi) is 1.30. The molecule has 0 radical (unpaired) electrons. The van der Waals surface area contributed by atoms with E-state index in [0.29, 0.717) is 12.1 Å². The number of ether oxygens (including phenoxy) is 1. The first-order valence-electron chi connectivity index (χ1n) is 2.70. The van der Waals surface area contributed by atoms with Crippen LogP contribution in [0.3, 0.4) is 0 Å². The first-order chi connectivity index (χ1) is 3.34. The normalized spacial score (nSPS) is 40.3. The molecule has 0 spiro atoms. The lowest BCUT2D eigenvalue weighted by Crippen LogP contribution is -2.71. The van der Waals surface area contributed by atoms with Crippen LogP contribution in [0.5, 0.6) is 0 Å². The van der Waals surface area contributed by atoms with Gasteiger partial charge in [-0.25, -0.2) is 0 Å². The standard InChI is InChI=1S/C5H11NO/c1-7-5-3-2-4(5)6/h4-5H,2-3,6H2,1H3/p+1. The van der Waals surface area contributed by atoms with Gasteiger partial charge in [-0.05, 0) is 6.42 Å². The van der Waals surface area contributed by atoms with Gasteiger partial charge in [0.15, 0.2) is 0 Å². The number of quaternary nitrogens is 1. The van der Waals surface area contributed by atoms with Gasteiger partial charge in [0.2, 0.25) is 0 Å². The van der Waals surface area contributed by atoms with Crippen molar-refractivity contribution in [2.24, 2.45) is 0 Å². The van der Waals surface area contributed by atoms with Crippen LogP contribution in [0.25, 0.3) is 0 Å². The Labute approximate surface area is 43.6 Å². The molecular weight excluding hydrogens is 90.1 g/mol. The predicted molar refractivity (Wildman–Crippen MR) is 26.7 cm³/mol. The first kappa shape index (κ1) is 5.06. The van der Waals surface area contributed by atoms with Crippen molar-refractivity contribution in [2.45, 2.75) is 25.0 Å². The van der Waals surface area contributed by atoms with Crippen LogP contribution in [0.4, 0.5) is 0 Å². The van der Waals surface area contributed by atoms with E-state index in [0.717, 1.165) is 0 Å². The summed E-state index contributed by atoms with van der Waals surface area (Å²) in [5, 5.41) is 0. The van der Waals surface area contributed by atoms with Crippen molar-refractivity contribution in [1.82, 2.24) is 0 Å². The summed E-state index contributed by atoms with van der Waals surface area (Å²) < 4.78 is 5.04. The number of rotatable bonds is 1. The highest BCUT2D eigenvalue weighted by molar-refractivity contribution is 4.78. The lowest BCUT2D eigenvalue weighted by Gasteiger charge is -2.28. The Morgan fingerprint density at radius 1 is 1.57 bits per heavy atom. The third-order valence-corrected chi connectivity index (χ3v) is 1.65. The molecule has 1 rings (SSSR count). The van der Waals surface area contributed by atoms with E-state index in [1.807, 2.05) is 0 Å². The van der Waals surface area contributed by atoms with E-state index in [1.54, 1.807) is 7.11 Å². The zero-order chi connectivity index (χ0) is 5.28. The largest absolute Gasteiger partial charge is 0.375 e. The number of hydrogen-bond acceptors (Lipinski definition) is 1. The summed E-state index contributed by atoms with van der Waals surface area (Å²) in [4.78, 5) is 0. The molecule has 2 nitrogen and oxygen atoms in total. The van der Waals surface area contributed by atoms with Crippen LogP contribution in [-0.2, 0) is 4.74 Å². The molecule has 3 N–H and O–H groups in total. The molecule has 0 heterocycles. The zero-order valence-electron chi connectivity index (χ0n) is 4.68. The fourth-order valence-corrected chi connectivity index (χ4v) is 0.849. The van der Waals surface area contributed by atoms with Gasteiger partial charge in [-0.1, -0.05) is 0 Å². The third kappa shape index (κ3) is 0.763. The quantitative estimate of drug-likeness (QED) is 0.472. The molecule has 0 aliphatic heterocycles. The molecule has 1 aliphatic carbocycles. The first-order valence-corrected chi connectivity index (χ1v) is 2.70. The number of methoxy groups -OCH3 is 1. The van der Waals surface area contributed by atoms with E-state index in [2.05, 4.69) is 5.73 Å². The average molecular weight is 102 g/mol. The average Bonchev–Trinajstić information content (AvgIpc) is 1.65. The molecule has 2 unspecified atom stereocenters. The van der Waals surface area contributed by atoms with Crippen molar-refractivity contribution in [3.05, 3.63) is 0 Å². The van der Waals surface area contributed by atoms with Crippen molar-refractivity contribution < 1.29 is 10.5 Å². The summed E-state index contributed by atoms with van der Waals surface area (Å²) in [6, 6.07) is 0.574. The van der Waals surface area contributed by atoms with E-state index in [4.69, 9.17) is 4.74 Å². The minimum absolute atomic E-state index is 0.472. The second-order valence-electron chi connectivity index (χ2n) is 2.11. The molecule has 0 saturated heterocycles. The van der Waals surface area contributed by atoms with Crippen LogP contribution in [-0.4, -0.2) is 19.3 Å². The molecule has 2 atom stereocenters. The second kappa shape index (κ2) is 1.80. The fraction of sp³-hybridized carbons (Fsp3) is 1.00. The maximum atomic E-state index is 5.04. The maximum Gasteiger partial charge on any atom is 0.111 e. The SMILES string of the molecule is COC1CCC1[NH3+]. The predicted octanol–water partition coefficient (Wildman–Crippen LogP) is -0.594. The molecule has 42 valence electrons. The highest BCUT2D eigenvalue weighted by Gasteiger charge is 2.30. The van der Waals surface area contributed by atoms with E-state index in [1.165, 1.54) is 12.8 Å². The fourth-order valence-electron chi connectivity index (χ4n) is 0.849. The van der Waals surface area contributed by atoms with Gasteiger partial charge >= 0.3 is 0 Å². The minimum Gasteiger partial charge on any atom is -0.375 e. The number of hydrogen-bond donors (Lipinski definition) is 1. The molecule has 1 saturated carbocycles. The van der Waals surface area contributed by atoms with E-state index < -0.39 is 0 Å². The lowest BCUT2D eigenvalue weighted by molar-refractivity contribution is -0.460. The summed E-state index contributed by atoms with van der Waals surface area (Å²) in [5.74, 6) is 0. The van der Waals surface area contributed by atoms with Gasteiger partial charge in [0.25, 0.3) is 0 Å². The van der Waals surface area contributed by atoms with Gasteiger partial charge < -0.3 is 10.5 Å². The van der Waals surface area contributed by atoms with Gasteiger partial charge in [-0.2, -0.15) is 0 Å². The van der Waals surface area contributed by atoms with Crippen molar-refractivity contribution in [1.29, 1.82) is 0 Å². The van der Waals surface area contributed by atoms with Crippen LogP contribution in [0, 0.1) is 0 Å². The third-order valence-electron chi connectivity index (χ3n) is 1.65. The molecule has 0 bridgehead atoms. The van der Waals surface area contributed by atoms with Crippen LogP contribution < -0.4 is 5.73 Å². The molecule has 0 aromatic heterocycles. The molecule has 0 amide bonds. The summed E-state index contributed by atoms with van der Waals surface area (Å²) in [6.07, 6.45) is 2.93. The van der Waals surface area contributed by atoms with Crippen LogP contribution >= 0.6 is 0 Å². The van der Waals surface area contributed by atoms with Crippen molar-refractivity contribution in [3.8, 4) is 0 Å². The maximum absolute atomic E-state index is 5.04. The van der Waals surface area contributed by atoms with Crippen LogP contribution in [0.2, 0.25) is 0 Å². The molecule has 7 heavy (non-hydrogen) atoms. The smallest absolute Gasteiger partial charge is 0.111 e. The Balaban J connectivity index is 2.16. The van der Waals surface area contributed by atoms with Gasteiger partial charge in [0.1, 0.15) is 12.1 Å². The molecule has 0 aromatic carbocycles. The van der Waals surface area contributed by atoms with Gasteiger partial charge in [0.05, 0.1) is 0 Å². The van der Waals surface area contributed by atoms with E-state index in [9.17, 15) is 0 Å². The Morgan fingerprint density at radius 3 is 2.29 bits per heavy atom. The van der Waals surface area contributed by atoms with E-state index in [-0.39, 0.29) is 0 Å². The van der Waals surface area contributed by atoms with Gasteiger partial charge in [-0.15, -0.1) is 0 Å². The molecule has 1 aliphatic rings. The Hall–Kier alpha value is -0.0800.